The van der Waals surface area contributed by atoms with Crippen LogP contribution >= 0.6 is 0 Å². The quantitative estimate of drug-likeness (QED) is 0.841. The van der Waals surface area contributed by atoms with Crippen LogP contribution in [0.3, 0.4) is 0 Å². The highest BCUT2D eigenvalue weighted by atomic mass is 32.2. The molecule has 4 atom stereocenters. The summed E-state index contributed by atoms with van der Waals surface area (Å²) >= 11 is 0. The first-order valence-electron chi connectivity index (χ1n) is 7.90. The summed E-state index contributed by atoms with van der Waals surface area (Å²) in [5.41, 5.74) is 1.39. The van der Waals surface area contributed by atoms with Crippen LogP contribution in [0.5, 0.6) is 0 Å². The Balaban J connectivity index is 2.06. The van der Waals surface area contributed by atoms with Gasteiger partial charge in [0.25, 0.3) is 0 Å². The second-order valence-electron chi connectivity index (χ2n) is 5.70. The van der Waals surface area contributed by atoms with Crippen molar-refractivity contribution < 1.29 is 8.95 Å². The predicted octanol–water partition coefficient (Wildman–Crippen LogP) is 2.70. The van der Waals surface area contributed by atoms with E-state index < -0.39 is 10.8 Å². The highest BCUT2D eigenvalue weighted by Gasteiger charge is 2.34. The lowest BCUT2D eigenvalue weighted by molar-refractivity contribution is 0.217. The molecule has 1 aliphatic carbocycles. The minimum absolute atomic E-state index is 0.235. The lowest BCUT2D eigenvalue weighted by atomic mass is 9.81. The van der Waals surface area contributed by atoms with Crippen molar-refractivity contribution in [2.45, 2.75) is 43.4 Å². The van der Waals surface area contributed by atoms with Gasteiger partial charge in [0, 0.05) is 29.7 Å². The third-order valence-corrected chi connectivity index (χ3v) is 6.12. The van der Waals surface area contributed by atoms with Crippen molar-refractivity contribution in [1.82, 2.24) is 5.32 Å². The van der Waals surface area contributed by atoms with Gasteiger partial charge in [-0.15, -0.1) is 0 Å². The van der Waals surface area contributed by atoms with E-state index >= 15 is 0 Å². The number of ether oxygens (including phenoxy) is 1. The molecule has 118 valence electrons. The summed E-state index contributed by atoms with van der Waals surface area (Å²) in [6.07, 6.45) is 3.30. The largest absolute Gasteiger partial charge is 0.384 e. The lowest BCUT2D eigenvalue weighted by Crippen LogP contribution is -2.46. The van der Waals surface area contributed by atoms with E-state index in [9.17, 15) is 4.21 Å². The van der Waals surface area contributed by atoms with Gasteiger partial charge in [-0.05, 0) is 37.3 Å². The summed E-state index contributed by atoms with van der Waals surface area (Å²) in [7, 11) is 0.853. The maximum Gasteiger partial charge on any atom is 0.0577 e. The van der Waals surface area contributed by atoms with Crippen molar-refractivity contribution in [2.24, 2.45) is 0 Å². The molecule has 0 aliphatic heterocycles. The topological polar surface area (TPSA) is 38.3 Å². The number of methoxy groups -OCH3 is 1. The summed E-state index contributed by atoms with van der Waals surface area (Å²) in [6, 6.07) is 11.0. The van der Waals surface area contributed by atoms with E-state index in [0.29, 0.717) is 24.3 Å². The number of benzene rings is 1. The summed E-state index contributed by atoms with van der Waals surface area (Å²) < 4.78 is 17.7. The van der Waals surface area contributed by atoms with E-state index in [0.717, 1.165) is 19.4 Å². The SMILES string of the molecule is CCNC1CCC(c2ccccc2)CC1S(=O)CCOC. The van der Waals surface area contributed by atoms with Crippen molar-refractivity contribution in [3.63, 3.8) is 0 Å². The van der Waals surface area contributed by atoms with Crippen molar-refractivity contribution in [3.8, 4) is 0 Å². The van der Waals surface area contributed by atoms with Crippen LogP contribution in [0.1, 0.15) is 37.7 Å². The number of rotatable bonds is 7. The molecule has 0 heterocycles. The Morgan fingerprint density at radius 2 is 2.05 bits per heavy atom. The van der Waals surface area contributed by atoms with Crippen LogP contribution < -0.4 is 5.32 Å². The number of hydrogen-bond acceptors (Lipinski definition) is 3. The Morgan fingerprint density at radius 3 is 2.71 bits per heavy atom. The number of hydrogen-bond donors (Lipinski definition) is 1. The molecule has 1 aromatic carbocycles. The van der Waals surface area contributed by atoms with E-state index in [1.807, 2.05) is 0 Å². The standard InChI is InChI=1S/C17H27NO2S/c1-3-18-16-10-9-15(14-7-5-4-6-8-14)13-17(16)21(19)12-11-20-2/h4-8,15-18H,3,9-13H2,1-2H3. The van der Waals surface area contributed by atoms with Crippen LogP contribution in [0.15, 0.2) is 30.3 Å². The van der Waals surface area contributed by atoms with Crippen LogP contribution in [0.4, 0.5) is 0 Å². The second-order valence-corrected chi connectivity index (χ2v) is 7.48. The fraction of sp³-hybridized carbons (Fsp3) is 0.647. The van der Waals surface area contributed by atoms with E-state index in [1.54, 1.807) is 7.11 Å². The first-order valence-corrected chi connectivity index (χ1v) is 9.29. The van der Waals surface area contributed by atoms with Gasteiger partial charge in [-0.25, -0.2) is 0 Å². The van der Waals surface area contributed by atoms with Crippen molar-refractivity contribution in [3.05, 3.63) is 35.9 Å². The fourth-order valence-corrected chi connectivity index (χ4v) is 4.94. The van der Waals surface area contributed by atoms with Gasteiger partial charge in [-0.1, -0.05) is 37.3 Å². The Morgan fingerprint density at radius 1 is 1.29 bits per heavy atom. The minimum atomic E-state index is -0.820. The summed E-state index contributed by atoms with van der Waals surface area (Å²) in [6.45, 7) is 3.65. The molecular weight excluding hydrogens is 282 g/mol. The predicted molar refractivity (Wildman–Crippen MR) is 89.2 cm³/mol. The molecule has 4 heteroatoms. The molecule has 0 bridgehead atoms. The molecule has 3 nitrogen and oxygen atoms in total. The monoisotopic (exact) mass is 309 g/mol. The molecule has 1 saturated carbocycles. The average molecular weight is 309 g/mol. The third-order valence-electron chi connectivity index (χ3n) is 4.36. The van der Waals surface area contributed by atoms with E-state index in [2.05, 4.69) is 42.6 Å². The van der Waals surface area contributed by atoms with Crippen LogP contribution in [-0.4, -0.2) is 41.5 Å². The van der Waals surface area contributed by atoms with Crippen molar-refractivity contribution >= 4 is 10.8 Å². The van der Waals surface area contributed by atoms with Crippen LogP contribution in [-0.2, 0) is 15.5 Å². The molecule has 0 radical (unpaired) electrons. The van der Waals surface area contributed by atoms with Crippen LogP contribution in [0.2, 0.25) is 0 Å². The normalized spacial score (nSPS) is 27.4. The maximum absolute atomic E-state index is 12.6. The average Bonchev–Trinajstić information content (AvgIpc) is 2.54. The Bertz CT molecular complexity index is 438. The molecule has 1 N–H and O–H groups in total. The zero-order valence-electron chi connectivity index (χ0n) is 13.1. The van der Waals surface area contributed by atoms with Gasteiger partial charge in [0.15, 0.2) is 0 Å². The zero-order chi connectivity index (χ0) is 15.1. The van der Waals surface area contributed by atoms with Crippen LogP contribution in [0.25, 0.3) is 0 Å². The van der Waals surface area contributed by atoms with E-state index in [1.165, 1.54) is 12.0 Å². The van der Waals surface area contributed by atoms with Gasteiger partial charge in [-0.2, -0.15) is 0 Å². The highest BCUT2D eigenvalue weighted by Crippen LogP contribution is 2.35. The Hall–Kier alpha value is -0.710. The minimum Gasteiger partial charge on any atom is -0.384 e. The maximum atomic E-state index is 12.6. The van der Waals surface area contributed by atoms with E-state index in [-0.39, 0.29) is 5.25 Å². The second kappa shape index (κ2) is 8.66. The van der Waals surface area contributed by atoms with Crippen molar-refractivity contribution in [1.29, 1.82) is 0 Å². The summed E-state index contributed by atoms with van der Waals surface area (Å²) in [5.74, 6) is 1.18. The molecule has 1 fully saturated rings. The van der Waals surface area contributed by atoms with Gasteiger partial charge < -0.3 is 10.1 Å². The molecule has 0 spiro atoms. The van der Waals surface area contributed by atoms with Gasteiger partial charge in [0.05, 0.1) is 11.9 Å². The zero-order valence-corrected chi connectivity index (χ0v) is 13.9. The molecule has 0 amide bonds. The highest BCUT2D eigenvalue weighted by molar-refractivity contribution is 7.85. The molecule has 4 unspecified atom stereocenters. The fourth-order valence-electron chi connectivity index (χ4n) is 3.26. The summed E-state index contributed by atoms with van der Waals surface area (Å²) in [4.78, 5) is 0. The first kappa shape index (κ1) is 16.7. The molecular formula is C17H27NO2S. The van der Waals surface area contributed by atoms with E-state index in [4.69, 9.17) is 4.74 Å². The molecule has 2 rings (SSSR count). The van der Waals surface area contributed by atoms with Crippen molar-refractivity contribution in [2.75, 3.05) is 26.0 Å². The van der Waals surface area contributed by atoms with Gasteiger partial charge in [-0.3, -0.25) is 4.21 Å². The molecule has 1 aliphatic rings. The Labute approximate surface area is 130 Å². The Kier molecular flexibility index (Phi) is 6.87. The smallest absolute Gasteiger partial charge is 0.0577 e. The molecule has 1 aromatic rings. The summed E-state index contributed by atoms with van der Waals surface area (Å²) in [5, 5.41) is 3.77. The molecule has 0 saturated heterocycles. The third kappa shape index (κ3) is 4.63. The first-order chi connectivity index (χ1) is 10.3. The number of nitrogens with one attached hydrogen (secondary N) is 1. The molecule has 21 heavy (non-hydrogen) atoms. The molecule has 0 aromatic heterocycles. The van der Waals surface area contributed by atoms with Gasteiger partial charge in [0.1, 0.15) is 0 Å². The van der Waals surface area contributed by atoms with Gasteiger partial charge in [0.2, 0.25) is 0 Å². The van der Waals surface area contributed by atoms with Gasteiger partial charge >= 0.3 is 0 Å². The van der Waals surface area contributed by atoms with Crippen LogP contribution in [0, 0.1) is 0 Å². The lowest BCUT2D eigenvalue weighted by Gasteiger charge is -2.36.